The second kappa shape index (κ2) is 4.10. The number of hydrogen-bond acceptors (Lipinski definition) is 6. The quantitative estimate of drug-likeness (QED) is 0.775. The van der Waals surface area contributed by atoms with Crippen molar-refractivity contribution in [3.8, 4) is 0 Å². The van der Waals surface area contributed by atoms with E-state index in [1.807, 2.05) is 12.3 Å². The zero-order valence-electron chi connectivity index (χ0n) is 9.87. The number of rotatable bonds is 2. The molecule has 0 radical (unpaired) electrons. The summed E-state index contributed by atoms with van der Waals surface area (Å²) in [6.45, 7) is 0.777. The van der Waals surface area contributed by atoms with Crippen molar-refractivity contribution in [1.82, 2.24) is 15.0 Å². The summed E-state index contributed by atoms with van der Waals surface area (Å²) in [5.41, 5.74) is 5.99. The van der Waals surface area contributed by atoms with Crippen molar-refractivity contribution in [2.24, 2.45) is 4.99 Å². The third-order valence-electron chi connectivity index (χ3n) is 3.04. The van der Waals surface area contributed by atoms with Crippen molar-refractivity contribution < 1.29 is 0 Å². The third kappa shape index (κ3) is 1.77. The standard InChI is InChI=1S/C13H9N5S/c1-2-10(3-9-5-14-4-8(1)9)18-12-11-13(16-6-15-12)19-7-17-11/h1-3,5-7H,4H2,(H,15,16,18). The molecule has 1 aliphatic rings. The fourth-order valence-electron chi connectivity index (χ4n) is 2.10. The first-order valence-electron chi connectivity index (χ1n) is 5.84. The Morgan fingerprint density at radius 1 is 1.16 bits per heavy atom. The van der Waals surface area contributed by atoms with E-state index in [9.17, 15) is 0 Å². The Hall–Kier alpha value is -2.34. The molecule has 3 heterocycles. The number of nitrogens with one attached hydrogen (secondary N) is 1. The summed E-state index contributed by atoms with van der Waals surface area (Å²) in [6.07, 6.45) is 3.45. The number of anilines is 2. The van der Waals surface area contributed by atoms with Gasteiger partial charge in [0.05, 0.1) is 12.1 Å². The highest BCUT2D eigenvalue weighted by molar-refractivity contribution is 7.16. The monoisotopic (exact) mass is 267 g/mol. The van der Waals surface area contributed by atoms with E-state index in [0.29, 0.717) is 0 Å². The molecule has 3 aromatic rings. The Morgan fingerprint density at radius 3 is 3.16 bits per heavy atom. The van der Waals surface area contributed by atoms with Gasteiger partial charge >= 0.3 is 0 Å². The second-order valence-corrected chi connectivity index (χ2v) is 5.07. The van der Waals surface area contributed by atoms with Crippen LogP contribution in [0.5, 0.6) is 0 Å². The van der Waals surface area contributed by atoms with Crippen LogP contribution < -0.4 is 5.32 Å². The van der Waals surface area contributed by atoms with Gasteiger partial charge in [0.2, 0.25) is 0 Å². The van der Waals surface area contributed by atoms with Crippen LogP contribution in [-0.2, 0) is 6.54 Å². The van der Waals surface area contributed by atoms with E-state index < -0.39 is 0 Å². The van der Waals surface area contributed by atoms with Crippen LogP contribution in [0.1, 0.15) is 11.1 Å². The lowest BCUT2D eigenvalue weighted by Gasteiger charge is -2.07. The third-order valence-corrected chi connectivity index (χ3v) is 3.77. The Bertz CT molecular complexity index is 793. The maximum atomic E-state index is 4.29. The molecule has 5 nitrogen and oxygen atoms in total. The van der Waals surface area contributed by atoms with E-state index in [1.54, 1.807) is 11.8 Å². The van der Waals surface area contributed by atoms with Gasteiger partial charge in [-0.3, -0.25) is 4.99 Å². The second-order valence-electron chi connectivity index (χ2n) is 4.24. The first-order chi connectivity index (χ1) is 9.40. The van der Waals surface area contributed by atoms with Gasteiger partial charge in [0, 0.05) is 11.9 Å². The Labute approximate surface area is 113 Å². The molecule has 2 aromatic heterocycles. The molecule has 0 atom stereocenters. The molecular weight excluding hydrogens is 258 g/mol. The molecule has 0 fully saturated rings. The lowest BCUT2D eigenvalue weighted by molar-refractivity contribution is 1.11. The molecule has 0 aliphatic carbocycles. The fraction of sp³-hybridized carbons (Fsp3) is 0.0769. The minimum absolute atomic E-state index is 0.737. The van der Waals surface area contributed by atoms with Gasteiger partial charge in [-0.25, -0.2) is 15.0 Å². The number of fused-ring (bicyclic) bond motifs is 2. The van der Waals surface area contributed by atoms with Crippen molar-refractivity contribution >= 4 is 39.4 Å². The maximum absolute atomic E-state index is 4.29. The number of aromatic nitrogens is 3. The van der Waals surface area contributed by atoms with Crippen LogP contribution >= 0.6 is 11.3 Å². The van der Waals surface area contributed by atoms with E-state index in [4.69, 9.17) is 0 Å². The summed E-state index contributed by atoms with van der Waals surface area (Å²) in [6, 6.07) is 6.20. The number of hydrogen-bond donors (Lipinski definition) is 1. The van der Waals surface area contributed by atoms with Crippen molar-refractivity contribution in [2.45, 2.75) is 6.54 Å². The maximum Gasteiger partial charge on any atom is 0.161 e. The summed E-state index contributed by atoms with van der Waals surface area (Å²) in [5, 5.41) is 3.29. The molecule has 1 aromatic carbocycles. The lowest BCUT2D eigenvalue weighted by Crippen LogP contribution is -1.96. The van der Waals surface area contributed by atoms with Gasteiger partial charge in [0.1, 0.15) is 16.7 Å². The Kier molecular flexibility index (Phi) is 2.28. The molecule has 0 amide bonds. The summed E-state index contributed by atoms with van der Waals surface area (Å²) < 4.78 is 0. The smallest absolute Gasteiger partial charge is 0.161 e. The minimum Gasteiger partial charge on any atom is -0.338 e. The molecule has 1 N–H and O–H groups in total. The minimum atomic E-state index is 0.737. The van der Waals surface area contributed by atoms with Gasteiger partial charge in [-0.1, -0.05) is 6.07 Å². The highest BCUT2D eigenvalue weighted by atomic mass is 32.1. The number of thiazole rings is 1. The molecule has 0 bridgehead atoms. The highest BCUT2D eigenvalue weighted by Gasteiger charge is 2.09. The van der Waals surface area contributed by atoms with Crippen LogP contribution in [0.3, 0.4) is 0 Å². The molecule has 0 spiro atoms. The molecule has 1 aliphatic heterocycles. The van der Waals surface area contributed by atoms with Crippen LogP contribution in [-0.4, -0.2) is 21.2 Å². The van der Waals surface area contributed by atoms with Crippen LogP contribution in [0.4, 0.5) is 11.5 Å². The van der Waals surface area contributed by atoms with Gasteiger partial charge in [-0.05, 0) is 23.3 Å². The van der Waals surface area contributed by atoms with Gasteiger partial charge in [-0.15, -0.1) is 11.3 Å². The van der Waals surface area contributed by atoms with E-state index in [0.717, 1.165) is 34.0 Å². The van der Waals surface area contributed by atoms with Crippen molar-refractivity contribution in [3.63, 3.8) is 0 Å². The number of aliphatic imine (C=N–C) groups is 1. The summed E-state index contributed by atoms with van der Waals surface area (Å²) in [4.78, 5) is 17.9. The predicted molar refractivity (Wildman–Crippen MR) is 76.2 cm³/mol. The van der Waals surface area contributed by atoms with Crippen molar-refractivity contribution in [1.29, 1.82) is 0 Å². The highest BCUT2D eigenvalue weighted by Crippen LogP contribution is 2.26. The zero-order valence-corrected chi connectivity index (χ0v) is 10.7. The molecule has 19 heavy (non-hydrogen) atoms. The van der Waals surface area contributed by atoms with Gasteiger partial charge in [0.15, 0.2) is 5.82 Å². The molecule has 0 saturated carbocycles. The molecule has 92 valence electrons. The summed E-state index contributed by atoms with van der Waals surface area (Å²) in [5.74, 6) is 0.737. The molecular formula is C13H9N5S. The van der Waals surface area contributed by atoms with Crippen LogP contribution in [0.15, 0.2) is 35.0 Å². The molecule has 6 heteroatoms. The van der Waals surface area contributed by atoms with Crippen molar-refractivity contribution in [2.75, 3.05) is 5.32 Å². The first kappa shape index (κ1) is 10.6. The van der Waals surface area contributed by atoms with E-state index in [1.165, 1.54) is 16.9 Å². The Balaban J connectivity index is 1.75. The van der Waals surface area contributed by atoms with Crippen LogP contribution in [0.2, 0.25) is 0 Å². The van der Waals surface area contributed by atoms with Crippen LogP contribution in [0.25, 0.3) is 10.3 Å². The topological polar surface area (TPSA) is 63.1 Å². The molecule has 4 rings (SSSR count). The summed E-state index contributed by atoms with van der Waals surface area (Å²) >= 11 is 1.51. The molecule has 0 unspecified atom stereocenters. The normalized spacial score (nSPS) is 12.8. The van der Waals surface area contributed by atoms with Crippen molar-refractivity contribution in [3.05, 3.63) is 41.2 Å². The van der Waals surface area contributed by atoms with Gasteiger partial charge < -0.3 is 5.32 Å². The predicted octanol–water partition coefficient (Wildman–Crippen LogP) is 2.76. The number of benzene rings is 1. The summed E-state index contributed by atoms with van der Waals surface area (Å²) in [7, 11) is 0. The van der Waals surface area contributed by atoms with E-state index in [2.05, 4.69) is 37.4 Å². The lowest BCUT2D eigenvalue weighted by atomic mass is 10.1. The van der Waals surface area contributed by atoms with Crippen LogP contribution in [0, 0.1) is 0 Å². The largest absolute Gasteiger partial charge is 0.338 e. The Morgan fingerprint density at radius 2 is 2.16 bits per heavy atom. The fourth-order valence-corrected chi connectivity index (χ4v) is 2.73. The SMILES string of the molecule is C1=NCc2ccc(Nc3ncnc4scnc34)cc21. The zero-order chi connectivity index (χ0) is 12.7. The van der Waals surface area contributed by atoms with Gasteiger partial charge in [0.25, 0.3) is 0 Å². The van der Waals surface area contributed by atoms with E-state index >= 15 is 0 Å². The van der Waals surface area contributed by atoms with Gasteiger partial charge in [-0.2, -0.15) is 0 Å². The average molecular weight is 267 g/mol. The number of nitrogens with zero attached hydrogens (tertiary/aromatic N) is 4. The first-order valence-corrected chi connectivity index (χ1v) is 6.72. The average Bonchev–Trinajstić information content (AvgIpc) is 3.06. The molecule has 0 saturated heterocycles. The van der Waals surface area contributed by atoms with E-state index in [-0.39, 0.29) is 0 Å².